The van der Waals surface area contributed by atoms with Crippen LogP contribution in [0.4, 0.5) is 5.69 Å². The lowest BCUT2D eigenvalue weighted by Gasteiger charge is -2.13. The Morgan fingerprint density at radius 1 is 1.17 bits per heavy atom. The summed E-state index contributed by atoms with van der Waals surface area (Å²) in [4.78, 5) is 19.2. The van der Waals surface area contributed by atoms with Gasteiger partial charge in [0.1, 0.15) is 12.4 Å². The number of carbonyl (C=O) groups excluding carboxylic acids is 1. The number of carbonyl (C=O) groups is 1. The summed E-state index contributed by atoms with van der Waals surface area (Å²) in [6.45, 7) is 0.917. The molecule has 1 amide bonds. The summed E-state index contributed by atoms with van der Waals surface area (Å²) >= 11 is 3.39. The molecule has 0 aliphatic rings. The number of hydrogen-bond donors (Lipinski definition) is 1. The van der Waals surface area contributed by atoms with Crippen molar-refractivity contribution < 1.29 is 4.79 Å². The number of imidazole rings is 1. The van der Waals surface area contributed by atoms with E-state index < -0.39 is 0 Å². The van der Waals surface area contributed by atoms with Crippen molar-refractivity contribution >= 4 is 38.6 Å². The van der Waals surface area contributed by atoms with Gasteiger partial charge in [0.25, 0.3) is 0 Å². The first kappa shape index (κ1) is 16.7. The number of halogens is 1. The average molecular weight is 387 g/mol. The number of nitrogens with one attached hydrogen (secondary N) is 1. The summed E-state index contributed by atoms with van der Waals surface area (Å²) in [7, 11) is 3.98. The first-order valence-corrected chi connectivity index (χ1v) is 8.46. The highest BCUT2D eigenvalue weighted by atomic mass is 79.9. The Hall–Kier alpha value is -2.18. The first-order valence-electron chi connectivity index (χ1n) is 7.67. The molecule has 5 nitrogen and oxygen atoms in total. The van der Waals surface area contributed by atoms with Gasteiger partial charge in [-0.15, -0.1) is 0 Å². The molecule has 0 fully saturated rings. The molecule has 1 N–H and O–H groups in total. The Balaban J connectivity index is 1.85. The van der Waals surface area contributed by atoms with Crippen LogP contribution in [-0.2, 0) is 17.9 Å². The zero-order valence-electron chi connectivity index (χ0n) is 13.7. The summed E-state index contributed by atoms with van der Waals surface area (Å²) in [6, 6.07) is 15.4. The first-order chi connectivity index (χ1) is 11.5. The molecule has 0 unspecified atom stereocenters. The largest absolute Gasteiger partial charge is 0.325 e. The average Bonchev–Trinajstić information content (AvgIpc) is 2.86. The number of rotatable bonds is 5. The molecular formula is C18H19BrN4O. The molecular weight excluding hydrogens is 368 g/mol. The van der Waals surface area contributed by atoms with E-state index in [9.17, 15) is 4.79 Å². The van der Waals surface area contributed by atoms with Gasteiger partial charge in [0, 0.05) is 10.2 Å². The van der Waals surface area contributed by atoms with E-state index in [4.69, 9.17) is 0 Å². The van der Waals surface area contributed by atoms with E-state index in [1.807, 2.05) is 72.1 Å². The van der Waals surface area contributed by atoms with Crippen molar-refractivity contribution in [2.75, 3.05) is 19.4 Å². The van der Waals surface area contributed by atoms with Gasteiger partial charge in [-0.1, -0.05) is 28.1 Å². The molecule has 0 saturated carbocycles. The molecule has 0 bridgehead atoms. The fourth-order valence-corrected chi connectivity index (χ4v) is 2.85. The number of nitrogens with zero attached hydrogens (tertiary/aromatic N) is 3. The molecule has 0 spiro atoms. The SMILES string of the molecule is CN(C)Cc1nc2ccccc2n1CC(=O)Nc1ccc(Br)cc1. The molecule has 1 heterocycles. The summed E-state index contributed by atoms with van der Waals surface area (Å²) in [5.41, 5.74) is 2.66. The lowest BCUT2D eigenvalue weighted by atomic mass is 10.3. The van der Waals surface area contributed by atoms with Gasteiger partial charge in [-0.3, -0.25) is 4.79 Å². The van der Waals surface area contributed by atoms with E-state index in [2.05, 4.69) is 26.2 Å². The van der Waals surface area contributed by atoms with Gasteiger partial charge in [-0.05, 0) is 50.5 Å². The zero-order valence-corrected chi connectivity index (χ0v) is 15.2. The van der Waals surface area contributed by atoms with Crippen LogP contribution in [0.15, 0.2) is 53.0 Å². The summed E-state index contributed by atoms with van der Waals surface area (Å²) in [5.74, 6) is 0.813. The lowest BCUT2D eigenvalue weighted by molar-refractivity contribution is -0.116. The Bertz CT molecular complexity index is 855. The second-order valence-corrected chi connectivity index (χ2v) is 6.81. The second kappa shape index (κ2) is 7.15. The van der Waals surface area contributed by atoms with E-state index >= 15 is 0 Å². The molecule has 6 heteroatoms. The molecule has 3 aromatic rings. The highest BCUT2D eigenvalue weighted by molar-refractivity contribution is 9.10. The van der Waals surface area contributed by atoms with Crippen molar-refractivity contribution in [1.29, 1.82) is 0 Å². The molecule has 1 aromatic heterocycles. The fraction of sp³-hybridized carbons (Fsp3) is 0.222. The maximum Gasteiger partial charge on any atom is 0.244 e. The van der Waals surface area contributed by atoms with Crippen LogP contribution in [-0.4, -0.2) is 34.5 Å². The second-order valence-electron chi connectivity index (χ2n) is 5.90. The third-order valence-corrected chi connectivity index (χ3v) is 4.15. The Labute approximate surface area is 149 Å². The lowest BCUT2D eigenvalue weighted by Crippen LogP contribution is -2.22. The number of fused-ring (bicyclic) bond motifs is 1. The van der Waals surface area contributed by atoms with Crippen molar-refractivity contribution in [3.8, 4) is 0 Å². The van der Waals surface area contributed by atoms with Gasteiger partial charge in [0.15, 0.2) is 0 Å². The minimum Gasteiger partial charge on any atom is -0.325 e. The van der Waals surface area contributed by atoms with Gasteiger partial charge >= 0.3 is 0 Å². The van der Waals surface area contributed by atoms with Crippen LogP contribution in [0.25, 0.3) is 11.0 Å². The van der Waals surface area contributed by atoms with E-state index in [0.29, 0.717) is 6.54 Å². The number of hydrogen-bond acceptors (Lipinski definition) is 3. The number of amides is 1. The molecule has 3 rings (SSSR count). The van der Waals surface area contributed by atoms with Gasteiger partial charge in [0.05, 0.1) is 17.6 Å². The maximum atomic E-state index is 12.5. The third kappa shape index (κ3) is 3.83. The van der Waals surface area contributed by atoms with Crippen LogP contribution < -0.4 is 5.32 Å². The van der Waals surface area contributed by atoms with Gasteiger partial charge in [-0.25, -0.2) is 4.98 Å². The molecule has 0 aliphatic heterocycles. The number of para-hydroxylation sites is 2. The minimum absolute atomic E-state index is 0.0690. The quantitative estimate of drug-likeness (QED) is 0.729. The van der Waals surface area contributed by atoms with E-state index in [-0.39, 0.29) is 12.5 Å². The van der Waals surface area contributed by atoms with Crippen LogP contribution in [0.3, 0.4) is 0 Å². The molecule has 124 valence electrons. The smallest absolute Gasteiger partial charge is 0.244 e. The summed E-state index contributed by atoms with van der Waals surface area (Å²) in [5, 5.41) is 2.93. The predicted octanol–water partition coefficient (Wildman–Crippen LogP) is 3.50. The topological polar surface area (TPSA) is 50.2 Å². The highest BCUT2D eigenvalue weighted by Gasteiger charge is 2.14. The van der Waals surface area contributed by atoms with Crippen molar-refractivity contribution in [3.63, 3.8) is 0 Å². The monoisotopic (exact) mass is 386 g/mol. The van der Waals surface area contributed by atoms with E-state index in [1.165, 1.54) is 0 Å². The van der Waals surface area contributed by atoms with Crippen LogP contribution in [0, 0.1) is 0 Å². The summed E-state index contributed by atoms with van der Waals surface area (Å²) < 4.78 is 2.96. The zero-order chi connectivity index (χ0) is 17.1. The van der Waals surface area contributed by atoms with E-state index in [1.54, 1.807) is 0 Å². The maximum absolute atomic E-state index is 12.5. The standard InChI is InChI=1S/C18H19BrN4O/c1-22(2)11-17-21-15-5-3-4-6-16(15)23(17)12-18(24)20-14-9-7-13(19)8-10-14/h3-10H,11-12H2,1-2H3,(H,20,24). The Morgan fingerprint density at radius 2 is 1.88 bits per heavy atom. The molecule has 0 radical (unpaired) electrons. The van der Waals surface area contributed by atoms with Crippen LogP contribution >= 0.6 is 15.9 Å². The normalized spacial score (nSPS) is 11.2. The molecule has 0 saturated heterocycles. The molecule has 0 aliphatic carbocycles. The van der Waals surface area contributed by atoms with Crippen molar-refractivity contribution in [2.24, 2.45) is 0 Å². The van der Waals surface area contributed by atoms with Crippen LogP contribution in [0.1, 0.15) is 5.82 Å². The summed E-state index contributed by atoms with van der Waals surface area (Å²) in [6.07, 6.45) is 0. The van der Waals surface area contributed by atoms with Gasteiger partial charge < -0.3 is 14.8 Å². The molecule has 24 heavy (non-hydrogen) atoms. The molecule has 0 atom stereocenters. The fourth-order valence-electron chi connectivity index (χ4n) is 2.58. The highest BCUT2D eigenvalue weighted by Crippen LogP contribution is 2.18. The van der Waals surface area contributed by atoms with Gasteiger partial charge in [-0.2, -0.15) is 0 Å². The van der Waals surface area contributed by atoms with Crippen LogP contribution in [0.2, 0.25) is 0 Å². The third-order valence-electron chi connectivity index (χ3n) is 3.62. The predicted molar refractivity (Wildman–Crippen MR) is 99.9 cm³/mol. The Morgan fingerprint density at radius 3 is 2.58 bits per heavy atom. The van der Waals surface area contributed by atoms with Crippen molar-refractivity contribution in [3.05, 3.63) is 58.8 Å². The van der Waals surface area contributed by atoms with Crippen molar-refractivity contribution in [2.45, 2.75) is 13.1 Å². The number of benzene rings is 2. The minimum atomic E-state index is -0.0690. The van der Waals surface area contributed by atoms with Gasteiger partial charge in [0.2, 0.25) is 5.91 Å². The number of anilines is 1. The Kier molecular flexibility index (Phi) is 4.97. The molecule has 2 aromatic carbocycles. The van der Waals surface area contributed by atoms with Crippen LogP contribution in [0.5, 0.6) is 0 Å². The van der Waals surface area contributed by atoms with E-state index in [0.717, 1.165) is 27.0 Å². The van der Waals surface area contributed by atoms with Crippen molar-refractivity contribution in [1.82, 2.24) is 14.5 Å². The number of aromatic nitrogens is 2.